The minimum Gasteiger partial charge on any atom is -0.376 e. The van der Waals surface area contributed by atoms with Gasteiger partial charge in [-0.2, -0.15) is 0 Å². The molecule has 5 nitrogen and oxygen atoms in total. The van der Waals surface area contributed by atoms with Gasteiger partial charge >= 0.3 is 0 Å². The maximum absolute atomic E-state index is 12.4. The number of ether oxygens (including phenoxy) is 2. The number of benzene rings is 1. The molecule has 21 heavy (non-hydrogen) atoms. The third-order valence-electron chi connectivity index (χ3n) is 4.02. The van der Waals surface area contributed by atoms with Crippen molar-refractivity contribution in [2.75, 3.05) is 26.4 Å². The Morgan fingerprint density at radius 1 is 1.38 bits per heavy atom. The summed E-state index contributed by atoms with van der Waals surface area (Å²) in [5.41, 5.74) is 2.31. The molecule has 5 heteroatoms. The van der Waals surface area contributed by atoms with E-state index in [0.29, 0.717) is 26.4 Å². The van der Waals surface area contributed by atoms with Gasteiger partial charge in [-0.05, 0) is 19.4 Å². The molecule has 2 aliphatic rings. The molecule has 1 amide bonds. The minimum absolute atomic E-state index is 0.0397. The monoisotopic (exact) mass is 290 g/mol. The van der Waals surface area contributed by atoms with E-state index in [1.165, 1.54) is 5.56 Å². The lowest BCUT2D eigenvalue weighted by Crippen LogP contribution is -2.42. The smallest absolute Gasteiger partial charge is 0.241 e. The molecule has 2 aliphatic heterocycles. The molecule has 3 rings (SSSR count). The molecule has 0 bridgehead atoms. The Morgan fingerprint density at radius 2 is 2.24 bits per heavy atom. The third-order valence-corrected chi connectivity index (χ3v) is 4.02. The van der Waals surface area contributed by atoms with Crippen LogP contribution >= 0.6 is 0 Å². The number of nitrogens with zero attached hydrogens (tertiary/aromatic N) is 1. The van der Waals surface area contributed by atoms with E-state index in [-0.39, 0.29) is 24.2 Å². The second kappa shape index (κ2) is 6.13. The summed E-state index contributed by atoms with van der Waals surface area (Å²) in [4.78, 5) is 14.3. The van der Waals surface area contributed by atoms with Gasteiger partial charge in [-0.1, -0.05) is 29.8 Å². The average Bonchev–Trinajstić information content (AvgIpc) is 2.77. The fraction of sp³-hybridized carbons (Fsp3) is 0.562. The van der Waals surface area contributed by atoms with Gasteiger partial charge in [-0.25, -0.2) is 0 Å². The van der Waals surface area contributed by atoms with Gasteiger partial charge in [0.15, 0.2) is 0 Å². The molecule has 2 heterocycles. The first-order chi connectivity index (χ1) is 10.1. The van der Waals surface area contributed by atoms with E-state index in [1.807, 2.05) is 17.9 Å². The van der Waals surface area contributed by atoms with Crippen LogP contribution in [0.5, 0.6) is 0 Å². The van der Waals surface area contributed by atoms with Crippen molar-refractivity contribution >= 4 is 5.91 Å². The van der Waals surface area contributed by atoms with Crippen LogP contribution in [-0.4, -0.2) is 49.3 Å². The Balaban J connectivity index is 1.78. The van der Waals surface area contributed by atoms with Gasteiger partial charge in [0, 0.05) is 0 Å². The summed E-state index contributed by atoms with van der Waals surface area (Å²) in [5, 5.41) is 3.37. The van der Waals surface area contributed by atoms with Crippen molar-refractivity contribution in [3.05, 3.63) is 35.4 Å². The van der Waals surface area contributed by atoms with E-state index in [9.17, 15) is 4.79 Å². The first-order valence-corrected chi connectivity index (χ1v) is 7.47. The number of hydrogen-bond acceptors (Lipinski definition) is 4. The summed E-state index contributed by atoms with van der Waals surface area (Å²) in [6.45, 7) is 6.33. The highest BCUT2D eigenvalue weighted by Crippen LogP contribution is 2.26. The predicted octanol–water partition coefficient (Wildman–Crippen LogP) is 1.23. The van der Waals surface area contributed by atoms with Crippen LogP contribution in [0.15, 0.2) is 24.3 Å². The van der Waals surface area contributed by atoms with Gasteiger partial charge in [0.05, 0.1) is 38.5 Å². The van der Waals surface area contributed by atoms with Gasteiger partial charge in [0.25, 0.3) is 0 Å². The summed E-state index contributed by atoms with van der Waals surface area (Å²) in [6, 6.07) is 8.10. The Labute approximate surface area is 125 Å². The number of hydrogen-bond donors (Lipinski definition) is 1. The summed E-state index contributed by atoms with van der Waals surface area (Å²) in [7, 11) is 0. The quantitative estimate of drug-likeness (QED) is 0.909. The molecule has 3 unspecified atom stereocenters. The Bertz CT molecular complexity index is 514. The van der Waals surface area contributed by atoms with E-state index in [0.717, 1.165) is 5.56 Å². The van der Waals surface area contributed by atoms with E-state index < -0.39 is 0 Å². The molecule has 2 saturated heterocycles. The lowest BCUT2D eigenvalue weighted by molar-refractivity contribution is -0.137. The zero-order valence-corrected chi connectivity index (χ0v) is 12.5. The number of rotatable bonds is 3. The molecule has 3 atom stereocenters. The second-order valence-electron chi connectivity index (χ2n) is 5.76. The summed E-state index contributed by atoms with van der Waals surface area (Å²) in [6.07, 6.45) is -0.125. The number of amides is 1. The molecule has 0 aliphatic carbocycles. The Kier molecular flexibility index (Phi) is 4.24. The van der Waals surface area contributed by atoms with Crippen LogP contribution in [0.4, 0.5) is 0 Å². The van der Waals surface area contributed by atoms with Gasteiger partial charge in [0.1, 0.15) is 6.17 Å². The van der Waals surface area contributed by atoms with Crippen molar-refractivity contribution in [2.45, 2.75) is 32.2 Å². The van der Waals surface area contributed by atoms with Gasteiger partial charge < -0.3 is 14.4 Å². The zero-order valence-electron chi connectivity index (χ0n) is 12.5. The molecule has 114 valence electrons. The number of carbonyl (C=O) groups is 1. The first kappa shape index (κ1) is 14.5. The molecule has 0 aromatic heterocycles. The van der Waals surface area contributed by atoms with Crippen LogP contribution in [0.25, 0.3) is 0 Å². The molecule has 0 saturated carbocycles. The maximum Gasteiger partial charge on any atom is 0.241 e. The third kappa shape index (κ3) is 3.10. The van der Waals surface area contributed by atoms with E-state index >= 15 is 0 Å². The number of carbonyl (C=O) groups excluding carboxylic acids is 1. The minimum atomic E-state index is -0.167. The van der Waals surface area contributed by atoms with Crippen LogP contribution in [0.2, 0.25) is 0 Å². The number of nitrogens with one attached hydrogen (secondary N) is 1. The van der Waals surface area contributed by atoms with Crippen LogP contribution in [0.1, 0.15) is 24.2 Å². The van der Waals surface area contributed by atoms with Crippen molar-refractivity contribution < 1.29 is 14.3 Å². The topological polar surface area (TPSA) is 50.8 Å². The highest BCUT2D eigenvalue weighted by Gasteiger charge is 2.38. The molecule has 1 N–H and O–H groups in total. The highest BCUT2D eigenvalue weighted by atomic mass is 16.6. The predicted molar refractivity (Wildman–Crippen MR) is 78.8 cm³/mol. The molecule has 1 aromatic rings. The van der Waals surface area contributed by atoms with Crippen molar-refractivity contribution in [3.63, 3.8) is 0 Å². The molecular formula is C16H22N2O3. The van der Waals surface area contributed by atoms with E-state index in [1.54, 1.807) is 0 Å². The van der Waals surface area contributed by atoms with Crippen molar-refractivity contribution in [3.8, 4) is 0 Å². The largest absolute Gasteiger partial charge is 0.376 e. The van der Waals surface area contributed by atoms with Gasteiger partial charge in [-0.3, -0.25) is 10.1 Å². The lowest BCUT2D eigenvalue weighted by Gasteiger charge is -2.31. The molecule has 1 aromatic carbocycles. The molecular weight excluding hydrogens is 268 g/mol. The van der Waals surface area contributed by atoms with Gasteiger partial charge in [-0.15, -0.1) is 0 Å². The molecule has 2 fully saturated rings. The first-order valence-electron chi connectivity index (χ1n) is 7.47. The summed E-state index contributed by atoms with van der Waals surface area (Å²) >= 11 is 0. The van der Waals surface area contributed by atoms with E-state index in [4.69, 9.17) is 9.47 Å². The Hall–Kier alpha value is -1.43. The maximum atomic E-state index is 12.4. The SMILES string of the molecule is Cc1cccc(C2NC(C)C(=O)N2CC2COCCO2)c1. The van der Waals surface area contributed by atoms with Crippen molar-refractivity contribution in [1.82, 2.24) is 10.2 Å². The second-order valence-corrected chi connectivity index (χ2v) is 5.76. The van der Waals surface area contributed by atoms with Crippen LogP contribution in [0.3, 0.4) is 0 Å². The average molecular weight is 290 g/mol. The van der Waals surface area contributed by atoms with Crippen LogP contribution in [0, 0.1) is 6.92 Å². The zero-order chi connectivity index (χ0) is 14.8. The van der Waals surface area contributed by atoms with Crippen LogP contribution in [-0.2, 0) is 14.3 Å². The Morgan fingerprint density at radius 3 is 2.95 bits per heavy atom. The lowest BCUT2D eigenvalue weighted by atomic mass is 10.1. The molecule has 0 radical (unpaired) electrons. The molecule has 0 spiro atoms. The standard InChI is InChI=1S/C16H22N2O3/c1-11-4-3-5-13(8-11)15-17-12(2)16(19)18(15)9-14-10-20-6-7-21-14/h3-5,8,12,14-15,17H,6-7,9-10H2,1-2H3. The normalized spacial score (nSPS) is 29.9. The van der Waals surface area contributed by atoms with E-state index in [2.05, 4.69) is 30.4 Å². The van der Waals surface area contributed by atoms with Crippen molar-refractivity contribution in [2.24, 2.45) is 0 Å². The number of aryl methyl sites for hydroxylation is 1. The van der Waals surface area contributed by atoms with Crippen molar-refractivity contribution in [1.29, 1.82) is 0 Å². The fourth-order valence-corrected chi connectivity index (χ4v) is 2.95. The summed E-state index contributed by atoms with van der Waals surface area (Å²) < 4.78 is 11.1. The highest BCUT2D eigenvalue weighted by molar-refractivity contribution is 5.84. The summed E-state index contributed by atoms with van der Waals surface area (Å²) in [5.74, 6) is 0.121. The van der Waals surface area contributed by atoms with Gasteiger partial charge in [0.2, 0.25) is 5.91 Å². The fourth-order valence-electron chi connectivity index (χ4n) is 2.95. The van der Waals surface area contributed by atoms with Crippen LogP contribution < -0.4 is 5.32 Å².